The van der Waals surface area contributed by atoms with E-state index in [4.69, 9.17) is 5.11 Å². The first-order valence-electron chi connectivity index (χ1n) is 7.07. The molecule has 1 aromatic carbocycles. The van der Waals surface area contributed by atoms with E-state index in [1.807, 2.05) is 13.0 Å². The first-order chi connectivity index (χ1) is 9.60. The number of rotatable bonds is 6. The van der Waals surface area contributed by atoms with Crippen molar-refractivity contribution in [3.05, 3.63) is 30.1 Å². The summed E-state index contributed by atoms with van der Waals surface area (Å²) >= 11 is 0. The number of carboxylic acids is 1. The molecule has 1 heterocycles. The molecule has 4 nitrogen and oxygen atoms in total. The number of aliphatic carboxylic acids is 1. The molecule has 0 aliphatic carbocycles. The van der Waals surface area contributed by atoms with E-state index >= 15 is 0 Å². The maximum absolute atomic E-state index is 13.2. The Balaban J connectivity index is 1.93. The molecule has 110 valence electrons. The molecule has 5 heteroatoms. The van der Waals surface area contributed by atoms with E-state index in [-0.39, 0.29) is 5.82 Å². The van der Waals surface area contributed by atoms with Crippen molar-refractivity contribution in [2.75, 3.05) is 24.5 Å². The van der Waals surface area contributed by atoms with Crippen LogP contribution in [-0.2, 0) is 4.79 Å². The van der Waals surface area contributed by atoms with Gasteiger partial charge in [0.2, 0.25) is 0 Å². The topological polar surface area (TPSA) is 52.6 Å². The average molecular weight is 280 g/mol. The second-order valence-electron chi connectivity index (χ2n) is 5.26. The zero-order valence-electron chi connectivity index (χ0n) is 11.7. The van der Waals surface area contributed by atoms with Crippen LogP contribution in [-0.4, -0.2) is 36.8 Å². The van der Waals surface area contributed by atoms with Crippen LogP contribution in [0.5, 0.6) is 0 Å². The maximum Gasteiger partial charge on any atom is 0.320 e. The molecule has 0 amide bonds. The lowest BCUT2D eigenvalue weighted by atomic mass is 9.99. The van der Waals surface area contributed by atoms with Crippen LogP contribution in [0.25, 0.3) is 0 Å². The van der Waals surface area contributed by atoms with Gasteiger partial charge in [-0.05, 0) is 43.5 Å². The summed E-state index contributed by atoms with van der Waals surface area (Å²) in [6.45, 7) is 4.20. The van der Waals surface area contributed by atoms with Gasteiger partial charge in [-0.2, -0.15) is 0 Å². The number of likely N-dealkylation sites (N-methyl/N-ethyl adjacent to an activating group) is 1. The first kappa shape index (κ1) is 14.8. The number of anilines is 1. The minimum absolute atomic E-state index is 0.234. The summed E-state index contributed by atoms with van der Waals surface area (Å²) in [5, 5.41) is 12.2. The summed E-state index contributed by atoms with van der Waals surface area (Å²) in [6, 6.07) is 6.07. The van der Waals surface area contributed by atoms with E-state index < -0.39 is 12.0 Å². The lowest BCUT2D eigenvalue weighted by molar-refractivity contribution is -0.139. The van der Waals surface area contributed by atoms with Crippen molar-refractivity contribution in [1.82, 2.24) is 5.32 Å². The van der Waals surface area contributed by atoms with Gasteiger partial charge < -0.3 is 15.3 Å². The lowest BCUT2D eigenvalue weighted by Crippen LogP contribution is -2.38. The SMILES string of the molecule is CCNC(CC1CCN(c2cccc(F)c2)C1)C(=O)O. The summed E-state index contributed by atoms with van der Waals surface area (Å²) in [5.41, 5.74) is 0.878. The molecule has 0 radical (unpaired) electrons. The number of hydrogen-bond donors (Lipinski definition) is 2. The first-order valence-corrected chi connectivity index (χ1v) is 7.07. The van der Waals surface area contributed by atoms with Gasteiger partial charge in [-0.25, -0.2) is 4.39 Å². The third kappa shape index (κ3) is 3.70. The Bertz CT molecular complexity index is 467. The van der Waals surface area contributed by atoms with Crippen molar-refractivity contribution in [2.24, 2.45) is 5.92 Å². The van der Waals surface area contributed by atoms with E-state index in [0.29, 0.717) is 18.9 Å². The van der Waals surface area contributed by atoms with E-state index in [1.54, 1.807) is 6.07 Å². The van der Waals surface area contributed by atoms with Crippen LogP contribution in [0.4, 0.5) is 10.1 Å². The molecular formula is C15H21FN2O2. The number of hydrogen-bond acceptors (Lipinski definition) is 3. The van der Waals surface area contributed by atoms with E-state index in [1.165, 1.54) is 12.1 Å². The average Bonchev–Trinajstić information content (AvgIpc) is 2.87. The second kappa shape index (κ2) is 6.70. The fourth-order valence-electron chi connectivity index (χ4n) is 2.78. The van der Waals surface area contributed by atoms with Gasteiger partial charge in [0.05, 0.1) is 0 Å². The highest BCUT2D eigenvalue weighted by atomic mass is 19.1. The van der Waals surface area contributed by atoms with Crippen molar-refractivity contribution in [3.63, 3.8) is 0 Å². The molecule has 1 saturated heterocycles. The molecule has 2 atom stereocenters. The van der Waals surface area contributed by atoms with Crippen LogP contribution >= 0.6 is 0 Å². The Morgan fingerprint density at radius 1 is 1.60 bits per heavy atom. The normalized spacial score (nSPS) is 20.1. The molecule has 0 spiro atoms. The molecule has 2 unspecified atom stereocenters. The summed E-state index contributed by atoms with van der Waals surface area (Å²) in [4.78, 5) is 13.3. The third-order valence-corrected chi connectivity index (χ3v) is 3.78. The van der Waals surface area contributed by atoms with Gasteiger partial charge in [-0.1, -0.05) is 13.0 Å². The Morgan fingerprint density at radius 3 is 3.05 bits per heavy atom. The highest BCUT2D eigenvalue weighted by Crippen LogP contribution is 2.27. The number of nitrogens with one attached hydrogen (secondary N) is 1. The standard InChI is InChI=1S/C15H21FN2O2/c1-2-17-14(15(19)20)8-11-6-7-18(10-11)13-5-3-4-12(16)9-13/h3-5,9,11,14,17H,2,6-8,10H2,1H3,(H,19,20). The third-order valence-electron chi connectivity index (χ3n) is 3.78. The van der Waals surface area contributed by atoms with Crippen molar-refractivity contribution < 1.29 is 14.3 Å². The lowest BCUT2D eigenvalue weighted by Gasteiger charge is -2.20. The van der Waals surface area contributed by atoms with Crippen LogP contribution < -0.4 is 10.2 Å². The summed E-state index contributed by atoms with van der Waals surface area (Å²) < 4.78 is 13.2. The number of benzene rings is 1. The molecule has 1 aromatic rings. The van der Waals surface area contributed by atoms with Crippen LogP contribution in [0.15, 0.2) is 24.3 Å². The van der Waals surface area contributed by atoms with Gasteiger partial charge in [0, 0.05) is 18.8 Å². The Kier molecular flexibility index (Phi) is 4.95. The van der Waals surface area contributed by atoms with Gasteiger partial charge in [0.1, 0.15) is 11.9 Å². The van der Waals surface area contributed by atoms with Gasteiger partial charge in [-0.3, -0.25) is 4.79 Å². The number of carboxylic acid groups (broad SMARTS) is 1. The Hall–Kier alpha value is -1.62. The molecule has 1 fully saturated rings. The second-order valence-corrected chi connectivity index (χ2v) is 5.26. The molecule has 20 heavy (non-hydrogen) atoms. The summed E-state index contributed by atoms with van der Waals surface area (Å²) in [6.07, 6.45) is 1.57. The number of carbonyl (C=O) groups is 1. The minimum Gasteiger partial charge on any atom is -0.480 e. The predicted molar refractivity (Wildman–Crippen MR) is 76.4 cm³/mol. The maximum atomic E-state index is 13.2. The molecule has 2 N–H and O–H groups in total. The molecule has 2 rings (SSSR count). The monoisotopic (exact) mass is 280 g/mol. The zero-order valence-corrected chi connectivity index (χ0v) is 11.7. The Morgan fingerprint density at radius 2 is 2.40 bits per heavy atom. The zero-order chi connectivity index (χ0) is 14.5. The van der Waals surface area contributed by atoms with E-state index in [9.17, 15) is 9.18 Å². The summed E-state index contributed by atoms with van der Waals surface area (Å²) in [7, 11) is 0. The van der Waals surface area contributed by atoms with Gasteiger partial charge in [-0.15, -0.1) is 0 Å². The quantitative estimate of drug-likeness (QED) is 0.838. The van der Waals surface area contributed by atoms with Gasteiger partial charge in [0.15, 0.2) is 0 Å². The van der Waals surface area contributed by atoms with Crippen LogP contribution in [0.1, 0.15) is 19.8 Å². The Labute approximate surface area is 118 Å². The number of halogens is 1. The largest absolute Gasteiger partial charge is 0.480 e. The van der Waals surface area contributed by atoms with Crippen molar-refractivity contribution in [2.45, 2.75) is 25.8 Å². The van der Waals surface area contributed by atoms with Crippen molar-refractivity contribution in [1.29, 1.82) is 0 Å². The van der Waals surface area contributed by atoms with Crippen LogP contribution in [0.2, 0.25) is 0 Å². The number of nitrogens with zero attached hydrogens (tertiary/aromatic N) is 1. The molecule has 0 saturated carbocycles. The van der Waals surface area contributed by atoms with Gasteiger partial charge >= 0.3 is 5.97 Å². The smallest absolute Gasteiger partial charge is 0.320 e. The highest BCUT2D eigenvalue weighted by Gasteiger charge is 2.28. The molecule has 0 aromatic heterocycles. The molecule has 1 aliphatic rings. The van der Waals surface area contributed by atoms with E-state index in [0.717, 1.165) is 25.2 Å². The van der Waals surface area contributed by atoms with Crippen LogP contribution in [0.3, 0.4) is 0 Å². The predicted octanol–water partition coefficient (Wildman–Crippen LogP) is 2.10. The highest BCUT2D eigenvalue weighted by molar-refractivity contribution is 5.73. The van der Waals surface area contributed by atoms with E-state index in [2.05, 4.69) is 10.2 Å². The molecule has 1 aliphatic heterocycles. The van der Waals surface area contributed by atoms with Gasteiger partial charge in [0.25, 0.3) is 0 Å². The van der Waals surface area contributed by atoms with Crippen molar-refractivity contribution >= 4 is 11.7 Å². The molecular weight excluding hydrogens is 259 g/mol. The molecule has 0 bridgehead atoms. The summed E-state index contributed by atoms with van der Waals surface area (Å²) in [5.74, 6) is -0.698. The fourth-order valence-corrected chi connectivity index (χ4v) is 2.78. The van der Waals surface area contributed by atoms with Crippen molar-refractivity contribution in [3.8, 4) is 0 Å². The van der Waals surface area contributed by atoms with Crippen LogP contribution in [0, 0.1) is 11.7 Å². The fraction of sp³-hybridized carbons (Fsp3) is 0.533. The minimum atomic E-state index is -0.795.